The van der Waals surface area contributed by atoms with Crippen LogP contribution in [0, 0.1) is 0 Å². The summed E-state index contributed by atoms with van der Waals surface area (Å²) in [6.07, 6.45) is 13.3. The van der Waals surface area contributed by atoms with Gasteiger partial charge in [0.15, 0.2) is 5.78 Å². The summed E-state index contributed by atoms with van der Waals surface area (Å²) < 4.78 is 5.28. The van der Waals surface area contributed by atoms with E-state index in [1.807, 2.05) is 0 Å². The normalized spacial score (nSPS) is 10.8. The predicted molar refractivity (Wildman–Crippen MR) is 81.5 cm³/mol. The van der Waals surface area contributed by atoms with Crippen molar-refractivity contribution < 1.29 is 9.53 Å². The summed E-state index contributed by atoms with van der Waals surface area (Å²) in [6.45, 7) is 3.26. The van der Waals surface area contributed by atoms with Gasteiger partial charge in [-0.1, -0.05) is 80.6 Å². The van der Waals surface area contributed by atoms with E-state index in [-0.39, 0.29) is 12.4 Å². The van der Waals surface area contributed by atoms with Crippen molar-refractivity contribution in [3.63, 3.8) is 0 Å². The number of halogens is 1. The van der Waals surface area contributed by atoms with Gasteiger partial charge in [-0.3, -0.25) is 4.79 Å². The van der Waals surface area contributed by atoms with Crippen LogP contribution in [0.4, 0.5) is 0 Å². The Morgan fingerprint density at radius 3 is 1.89 bits per heavy atom. The van der Waals surface area contributed by atoms with E-state index in [4.69, 9.17) is 4.74 Å². The van der Waals surface area contributed by atoms with Crippen molar-refractivity contribution in [2.24, 2.45) is 0 Å². The third-order valence-electron chi connectivity index (χ3n) is 3.05. The maximum atomic E-state index is 10.9. The molecule has 108 valence electrons. The highest BCUT2D eigenvalue weighted by Gasteiger charge is 1.98. The predicted octanol–water partition coefficient (Wildman–Crippen LogP) is 4.89. The van der Waals surface area contributed by atoms with Crippen molar-refractivity contribution in [1.29, 1.82) is 0 Å². The molecule has 0 aliphatic rings. The second kappa shape index (κ2) is 15.2. The van der Waals surface area contributed by atoms with E-state index in [0.717, 1.165) is 13.0 Å². The lowest BCUT2D eigenvalue weighted by Crippen LogP contribution is -2.10. The monoisotopic (exact) mass is 320 g/mol. The molecule has 0 heterocycles. The summed E-state index contributed by atoms with van der Waals surface area (Å²) in [4.78, 5) is 10.9. The molecule has 0 saturated carbocycles. The molecule has 0 spiro atoms. The molecule has 0 aliphatic heterocycles. The summed E-state index contributed by atoms with van der Waals surface area (Å²) in [5.74, 6) is 0.127. The van der Waals surface area contributed by atoms with Crippen LogP contribution in [0.1, 0.15) is 71.1 Å². The Morgan fingerprint density at radius 1 is 0.889 bits per heavy atom. The summed E-state index contributed by atoms with van der Waals surface area (Å²) in [5, 5.41) is 0.408. The molecular formula is C15H29BrO2. The van der Waals surface area contributed by atoms with Crippen LogP contribution < -0.4 is 0 Å². The van der Waals surface area contributed by atoms with Crippen LogP contribution in [0.2, 0.25) is 0 Å². The van der Waals surface area contributed by atoms with Gasteiger partial charge in [0.1, 0.15) is 6.61 Å². The fraction of sp³-hybridized carbons (Fsp3) is 0.933. The average molecular weight is 321 g/mol. The van der Waals surface area contributed by atoms with Gasteiger partial charge in [-0.05, 0) is 6.42 Å². The number of carbonyl (C=O) groups is 1. The van der Waals surface area contributed by atoms with Gasteiger partial charge in [0.25, 0.3) is 0 Å². The molecule has 0 radical (unpaired) electrons. The van der Waals surface area contributed by atoms with Crippen LogP contribution >= 0.6 is 15.9 Å². The molecular weight excluding hydrogens is 292 g/mol. The number of Topliss-reactive ketones (excluding diaryl/α,β-unsaturated/α-hetero) is 1. The van der Waals surface area contributed by atoms with Gasteiger partial charge in [-0.2, -0.15) is 0 Å². The SMILES string of the molecule is CCCCCCCCCCCCOCC(=O)CBr. The number of ether oxygens (including phenoxy) is 1. The average Bonchev–Trinajstić information content (AvgIpc) is 2.39. The molecule has 0 rings (SSSR count). The lowest BCUT2D eigenvalue weighted by molar-refractivity contribution is -0.120. The summed E-state index contributed by atoms with van der Waals surface area (Å²) >= 11 is 3.12. The number of carbonyl (C=O) groups excluding carboxylic acids is 1. The quantitative estimate of drug-likeness (QED) is 0.336. The Morgan fingerprint density at radius 2 is 1.39 bits per heavy atom. The van der Waals surface area contributed by atoms with Gasteiger partial charge in [0, 0.05) is 6.61 Å². The van der Waals surface area contributed by atoms with Gasteiger partial charge in [0.2, 0.25) is 0 Å². The first kappa shape index (κ1) is 18.1. The second-order valence-electron chi connectivity index (χ2n) is 4.91. The summed E-state index contributed by atoms with van der Waals surface area (Å²) in [6, 6.07) is 0. The van der Waals surface area contributed by atoms with Crippen molar-refractivity contribution in [3.05, 3.63) is 0 Å². The second-order valence-corrected chi connectivity index (χ2v) is 5.47. The standard InChI is InChI=1S/C15H29BrO2/c1-2-3-4-5-6-7-8-9-10-11-12-18-14-15(17)13-16/h2-14H2,1H3. The fourth-order valence-corrected chi connectivity index (χ4v) is 2.08. The van der Waals surface area contributed by atoms with Gasteiger partial charge >= 0.3 is 0 Å². The minimum Gasteiger partial charge on any atom is -0.374 e. The minimum atomic E-state index is 0.127. The Hall–Kier alpha value is 0.110. The van der Waals surface area contributed by atoms with Gasteiger partial charge in [-0.25, -0.2) is 0 Å². The zero-order valence-corrected chi connectivity index (χ0v) is 13.5. The van der Waals surface area contributed by atoms with Crippen molar-refractivity contribution in [1.82, 2.24) is 0 Å². The fourth-order valence-electron chi connectivity index (χ4n) is 1.92. The highest BCUT2D eigenvalue weighted by molar-refractivity contribution is 9.09. The number of ketones is 1. The number of rotatable bonds is 14. The maximum absolute atomic E-state index is 10.9. The van der Waals surface area contributed by atoms with E-state index in [9.17, 15) is 4.79 Å². The molecule has 0 fully saturated rings. The Labute approximate surface area is 121 Å². The number of alkyl halides is 1. The molecule has 0 unspecified atom stereocenters. The van der Waals surface area contributed by atoms with Crippen LogP contribution in [-0.2, 0) is 9.53 Å². The molecule has 0 aromatic carbocycles. The molecule has 0 amide bonds. The number of hydrogen-bond donors (Lipinski definition) is 0. The third-order valence-corrected chi connectivity index (χ3v) is 3.68. The van der Waals surface area contributed by atoms with Gasteiger partial charge < -0.3 is 4.74 Å². The van der Waals surface area contributed by atoms with E-state index >= 15 is 0 Å². The van der Waals surface area contributed by atoms with Crippen LogP contribution in [-0.4, -0.2) is 24.3 Å². The van der Waals surface area contributed by atoms with Gasteiger partial charge in [-0.15, -0.1) is 0 Å². The van der Waals surface area contributed by atoms with E-state index < -0.39 is 0 Å². The van der Waals surface area contributed by atoms with Crippen molar-refractivity contribution in [2.45, 2.75) is 71.1 Å². The molecule has 0 atom stereocenters. The topological polar surface area (TPSA) is 26.3 Å². The zero-order chi connectivity index (χ0) is 13.5. The van der Waals surface area contributed by atoms with Crippen molar-refractivity contribution in [3.8, 4) is 0 Å². The molecule has 0 N–H and O–H groups in total. The zero-order valence-electron chi connectivity index (χ0n) is 11.9. The van der Waals surface area contributed by atoms with Crippen LogP contribution in [0.25, 0.3) is 0 Å². The molecule has 0 aromatic heterocycles. The van der Waals surface area contributed by atoms with Crippen molar-refractivity contribution >= 4 is 21.7 Å². The number of unbranched alkanes of at least 4 members (excludes halogenated alkanes) is 9. The van der Waals surface area contributed by atoms with Crippen LogP contribution in [0.3, 0.4) is 0 Å². The Kier molecular flexibility index (Phi) is 15.3. The molecule has 3 heteroatoms. The molecule has 0 saturated heterocycles. The molecule has 0 aliphatic carbocycles. The number of hydrogen-bond acceptors (Lipinski definition) is 2. The third kappa shape index (κ3) is 14.2. The molecule has 0 bridgehead atoms. The maximum Gasteiger partial charge on any atom is 0.168 e. The smallest absolute Gasteiger partial charge is 0.168 e. The first-order valence-electron chi connectivity index (χ1n) is 7.46. The summed E-state index contributed by atoms with van der Waals surface area (Å²) in [7, 11) is 0. The minimum absolute atomic E-state index is 0.127. The Bertz CT molecular complexity index is 183. The van der Waals surface area contributed by atoms with Gasteiger partial charge in [0.05, 0.1) is 5.33 Å². The molecule has 18 heavy (non-hydrogen) atoms. The van der Waals surface area contributed by atoms with Crippen LogP contribution in [0.15, 0.2) is 0 Å². The molecule has 2 nitrogen and oxygen atoms in total. The van der Waals surface area contributed by atoms with E-state index in [2.05, 4.69) is 22.9 Å². The highest BCUT2D eigenvalue weighted by atomic mass is 79.9. The van der Waals surface area contributed by atoms with E-state index in [0.29, 0.717) is 5.33 Å². The molecule has 0 aromatic rings. The summed E-state index contributed by atoms with van der Waals surface area (Å²) in [5.41, 5.74) is 0. The lowest BCUT2D eigenvalue weighted by atomic mass is 10.1. The first-order chi connectivity index (χ1) is 8.81. The van der Waals surface area contributed by atoms with E-state index in [1.54, 1.807) is 0 Å². The lowest BCUT2D eigenvalue weighted by Gasteiger charge is -2.03. The first-order valence-corrected chi connectivity index (χ1v) is 8.58. The van der Waals surface area contributed by atoms with Crippen molar-refractivity contribution in [2.75, 3.05) is 18.5 Å². The Balaban J connectivity index is 2.97. The largest absolute Gasteiger partial charge is 0.374 e. The van der Waals surface area contributed by atoms with Crippen LogP contribution in [0.5, 0.6) is 0 Å². The van der Waals surface area contributed by atoms with E-state index in [1.165, 1.54) is 57.8 Å². The highest BCUT2D eigenvalue weighted by Crippen LogP contribution is 2.10.